The summed E-state index contributed by atoms with van der Waals surface area (Å²) in [6.45, 7) is -0.386. The van der Waals surface area contributed by atoms with E-state index in [4.69, 9.17) is 9.84 Å². The Kier molecular flexibility index (Phi) is 4.51. The summed E-state index contributed by atoms with van der Waals surface area (Å²) in [4.78, 5) is 24.7. The molecule has 0 saturated heterocycles. The number of carbonyl (C=O) groups excluding carboxylic acids is 1. The Balaban J connectivity index is 1.72. The van der Waals surface area contributed by atoms with Gasteiger partial charge in [-0.15, -0.1) is 0 Å². The third kappa shape index (κ3) is 3.40. The number of carbonyl (C=O) groups is 2. The topological polar surface area (TPSA) is 66.8 Å². The lowest BCUT2D eigenvalue weighted by molar-refractivity contribution is -0.139. The van der Waals surface area contributed by atoms with Crippen LogP contribution in [0, 0.1) is 0 Å². The Morgan fingerprint density at radius 3 is 2.50 bits per heavy atom. The molecule has 0 heterocycles. The molecule has 0 spiro atoms. The monoisotopic (exact) mass is 325 g/mol. The van der Waals surface area contributed by atoms with Crippen LogP contribution >= 0.6 is 0 Å². The summed E-state index contributed by atoms with van der Waals surface area (Å²) in [5.41, 5.74) is 4.02. The van der Waals surface area contributed by atoms with E-state index in [0.29, 0.717) is 11.3 Å². The van der Waals surface area contributed by atoms with E-state index in [-0.39, 0.29) is 12.5 Å². The fraction of sp³-hybridized carbons (Fsp3) is 0.263. The molecule has 2 aromatic carbocycles. The van der Waals surface area contributed by atoms with Crippen LogP contribution in [0.15, 0.2) is 42.5 Å². The van der Waals surface area contributed by atoms with E-state index in [2.05, 4.69) is 0 Å². The molecule has 0 atom stereocenters. The standard InChI is InChI=1S/C19H19NO4/c1-20(16-7-9-17(10-8-16)24-12-18(21)22)19(23)15-6-5-13-3-2-4-14(13)11-15/h5-11H,2-4,12H2,1H3,(H,21,22). The van der Waals surface area contributed by atoms with Gasteiger partial charge in [0.2, 0.25) is 0 Å². The SMILES string of the molecule is CN(C(=O)c1ccc2c(c1)CCC2)c1ccc(OCC(=O)O)cc1. The van der Waals surface area contributed by atoms with Crippen molar-refractivity contribution in [2.75, 3.05) is 18.6 Å². The Labute approximate surface area is 140 Å². The molecule has 1 amide bonds. The van der Waals surface area contributed by atoms with Crippen molar-refractivity contribution in [3.63, 3.8) is 0 Å². The fourth-order valence-corrected chi connectivity index (χ4v) is 2.93. The summed E-state index contributed by atoms with van der Waals surface area (Å²) >= 11 is 0. The molecule has 0 radical (unpaired) electrons. The van der Waals surface area contributed by atoms with Gasteiger partial charge in [0, 0.05) is 18.3 Å². The average molecular weight is 325 g/mol. The molecule has 0 aliphatic heterocycles. The number of hydrogen-bond acceptors (Lipinski definition) is 3. The molecule has 2 aromatic rings. The van der Waals surface area contributed by atoms with E-state index in [0.717, 1.165) is 24.9 Å². The first kappa shape index (κ1) is 16.1. The normalized spacial score (nSPS) is 12.5. The lowest BCUT2D eigenvalue weighted by Gasteiger charge is -2.18. The van der Waals surface area contributed by atoms with E-state index in [1.165, 1.54) is 11.1 Å². The summed E-state index contributed by atoms with van der Waals surface area (Å²) in [6.07, 6.45) is 3.29. The number of ether oxygens (including phenoxy) is 1. The van der Waals surface area contributed by atoms with Crippen molar-refractivity contribution >= 4 is 17.6 Å². The van der Waals surface area contributed by atoms with E-state index in [9.17, 15) is 9.59 Å². The quantitative estimate of drug-likeness (QED) is 0.918. The Morgan fingerprint density at radius 1 is 1.08 bits per heavy atom. The molecule has 0 saturated carbocycles. The maximum Gasteiger partial charge on any atom is 0.341 e. The zero-order chi connectivity index (χ0) is 17.1. The lowest BCUT2D eigenvalue weighted by Crippen LogP contribution is -2.26. The van der Waals surface area contributed by atoms with E-state index in [1.807, 2.05) is 18.2 Å². The molecule has 124 valence electrons. The summed E-state index contributed by atoms with van der Waals surface area (Å²) < 4.78 is 5.09. The molecule has 5 nitrogen and oxygen atoms in total. The third-order valence-electron chi connectivity index (χ3n) is 4.24. The maximum atomic E-state index is 12.7. The highest BCUT2D eigenvalue weighted by Crippen LogP contribution is 2.25. The van der Waals surface area contributed by atoms with Gasteiger partial charge < -0.3 is 14.7 Å². The highest BCUT2D eigenvalue weighted by Gasteiger charge is 2.17. The molecule has 1 aliphatic carbocycles. The van der Waals surface area contributed by atoms with Crippen molar-refractivity contribution < 1.29 is 19.4 Å². The fourth-order valence-electron chi connectivity index (χ4n) is 2.93. The Morgan fingerprint density at radius 2 is 1.79 bits per heavy atom. The maximum absolute atomic E-state index is 12.7. The molecule has 0 aromatic heterocycles. The number of benzene rings is 2. The molecule has 0 bridgehead atoms. The first-order valence-electron chi connectivity index (χ1n) is 7.89. The number of aliphatic carboxylic acids is 1. The van der Waals surface area contributed by atoms with Gasteiger partial charge >= 0.3 is 5.97 Å². The van der Waals surface area contributed by atoms with Gasteiger partial charge in [0.1, 0.15) is 5.75 Å². The highest BCUT2D eigenvalue weighted by molar-refractivity contribution is 6.05. The average Bonchev–Trinajstić information content (AvgIpc) is 3.06. The van der Waals surface area contributed by atoms with Crippen molar-refractivity contribution in [3.05, 3.63) is 59.2 Å². The van der Waals surface area contributed by atoms with Crippen LogP contribution < -0.4 is 9.64 Å². The summed E-state index contributed by atoms with van der Waals surface area (Å²) in [5, 5.41) is 8.61. The van der Waals surface area contributed by atoms with E-state index >= 15 is 0 Å². The van der Waals surface area contributed by atoms with Gasteiger partial charge in [-0.05, 0) is 66.8 Å². The van der Waals surface area contributed by atoms with Gasteiger partial charge in [-0.3, -0.25) is 4.79 Å². The summed E-state index contributed by atoms with van der Waals surface area (Å²) in [7, 11) is 1.72. The number of anilines is 1. The second-order valence-electron chi connectivity index (χ2n) is 5.88. The smallest absolute Gasteiger partial charge is 0.341 e. The van der Waals surface area contributed by atoms with Crippen LogP contribution in [0.4, 0.5) is 5.69 Å². The van der Waals surface area contributed by atoms with E-state index < -0.39 is 5.97 Å². The zero-order valence-electron chi connectivity index (χ0n) is 13.5. The van der Waals surface area contributed by atoms with E-state index in [1.54, 1.807) is 36.2 Å². The van der Waals surface area contributed by atoms with Crippen molar-refractivity contribution in [1.29, 1.82) is 0 Å². The van der Waals surface area contributed by atoms with Crippen LogP contribution in [0.5, 0.6) is 5.75 Å². The summed E-state index contributed by atoms with van der Waals surface area (Å²) in [6, 6.07) is 12.7. The number of carboxylic acid groups (broad SMARTS) is 1. The van der Waals surface area contributed by atoms with Crippen LogP contribution in [0.1, 0.15) is 27.9 Å². The molecule has 24 heavy (non-hydrogen) atoms. The third-order valence-corrected chi connectivity index (χ3v) is 4.24. The van der Waals surface area contributed by atoms with Crippen LogP contribution in [-0.2, 0) is 17.6 Å². The number of carboxylic acids is 1. The second-order valence-corrected chi connectivity index (χ2v) is 5.88. The van der Waals surface area contributed by atoms with Gasteiger partial charge in [-0.25, -0.2) is 4.79 Å². The van der Waals surface area contributed by atoms with Crippen molar-refractivity contribution in [2.45, 2.75) is 19.3 Å². The van der Waals surface area contributed by atoms with Gasteiger partial charge in [0.15, 0.2) is 6.61 Å². The predicted octanol–water partition coefficient (Wildman–Crippen LogP) is 2.92. The Bertz CT molecular complexity index is 767. The molecular formula is C19H19NO4. The van der Waals surface area contributed by atoms with Crippen molar-refractivity contribution in [1.82, 2.24) is 0 Å². The second kappa shape index (κ2) is 6.74. The number of aryl methyl sites for hydroxylation is 2. The van der Waals surface area contributed by atoms with Gasteiger partial charge in [0.05, 0.1) is 0 Å². The van der Waals surface area contributed by atoms with Gasteiger partial charge in [-0.1, -0.05) is 6.07 Å². The first-order chi connectivity index (χ1) is 11.5. The lowest BCUT2D eigenvalue weighted by atomic mass is 10.1. The molecule has 3 rings (SSSR count). The Hall–Kier alpha value is -2.82. The molecule has 0 fully saturated rings. The predicted molar refractivity (Wildman–Crippen MR) is 90.8 cm³/mol. The number of amides is 1. The molecular weight excluding hydrogens is 306 g/mol. The molecule has 1 aliphatic rings. The van der Waals surface area contributed by atoms with Crippen LogP contribution in [0.2, 0.25) is 0 Å². The first-order valence-corrected chi connectivity index (χ1v) is 7.89. The van der Waals surface area contributed by atoms with Crippen molar-refractivity contribution in [3.8, 4) is 5.75 Å². The minimum absolute atomic E-state index is 0.0658. The molecule has 1 N–H and O–H groups in total. The van der Waals surface area contributed by atoms with Gasteiger partial charge in [-0.2, -0.15) is 0 Å². The van der Waals surface area contributed by atoms with Crippen LogP contribution in [0.3, 0.4) is 0 Å². The number of nitrogens with zero attached hydrogens (tertiary/aromatic N) is 1. The number of hydrogen-bond donors (Lipinski definition) is 1. The molecule has 5 heteroatoms. The molecule has 0 unspecified atom stereocenters. The minimum Gasteiger partial charge on any atom is -0.482 e. The number of rotatable bonds is 5. The zero-order valence-corrected chi connectivity index (χ0v) is 13.5. The number of fused-ring (bicyclic) bond motifs is 1. The van der Waals surface area contributed by atoms with Crippen molar-refractivity contribution in [2.24, 2.45) is 0 Å². The highest BCUT2D eigenvalue weighted by atomic mass is 16.5. The largest absolute Gasteiger partial charge is 0.482 e. The minimum atomic E-state index is -1.03. The van der Waals surface area contributed by atoms with Gasteiger partial charge in [0.25, 0.3) is 5.91 Å². The summed E-state index contributed by atoms with van der Waals surface area (Å²) in [5.74, 6) is -0.633. The van der Waals surface area contributed by atoms with Crippen LogP contribution in [0.25, 0.3) is 0 Å². The van der Waals surface area contributed by atoms with Crippen LogP contribution in [-0.4, -0.2) is 30.6 Å².